The van der Waals surface area contributed by atoms with E-state index in [2.05, 4.69) is 16.7 Å². The lowest BCUT2D eigenvalue weighted by atomic mass is 9.94. The van der Waals surface area contributed by atoms with Gasteiger partial charge in [-0.15, -0.1) is 0 Å². The molecule has 4 aromatic carbocycles. The molecule has 0 aromatic heterocycles. The molecule has 0 saturated carbocycles. The van der Waals surface area contributed by atoms with Gasteiger partial charge in [0.15, 0.2) is 0 Å². The first kappa shape index (κ1) is 32.4. The summed E-state index contributed by atoms with van der Waals surface area (Å²) in [6.07, 6.45) is -0.0470. The van der Waals surface area contributed by atoms with Crippen LogP contribution in [0.3, 0.4) is 0 Å². The smallest absolute Gasteiger partial charge is 0.258 e. The minimum atomic E-state index is -0.708. The number of ether oxygens (including phenoxy) is 1. The first-order valence-corrected chi connectivity index (χ1v) is 15.0. The van der Waals surface area contributed by atoms with Crippen LogP contribution in [0.2, 0.25) is 0 Å². The van der Waals surface area contributed by atoms with Crippen LogP contribution in [0.5, 0.6) is 5.75 Å². The summed E-state index contributed by atoms with van der Waals surface area (Å²) in [4.78, 5) is 67.0. The van der Waals surface area contributed by atoms with Crippen LogP contribution < -0.4 is 30.9 Å². The van der Waals surface area contributed by atoms with Crippen molar-refractivity contribution in [2.75, 3.05) is 41.9 Å². The number of carbonyl (C=O) groups excluding carboxylic acids is 5. The van der Waals surface area contributed by atoms with Crippen molar-refractivity contribution in [2.45, 2.75) is 20.3 Å². The number of aryl methyl sites for hydroxylation is 2. The Morgan fingerprint density at radius 1 is 0.872 bits per heavy atom. The van der Waals surface area contributed by atoms with Crippen LogP contribution in [0.15, 0.2) is 84.9 Å². The van der Waals surface area contributed by atoms with E-state index in [-0.39, 0.29) is 49.2 Å². The van der Waals surface area contributed by atoms with Gasteiger partial charge in [-0.2, -0.15) is 0 Å². The van der Waals surface area contributed by atoms with Crippen molar-refractivity contribution in [3.63, 3.8) is 0 Å². The van der Waals surface area contributed by atoms with Crippen molar-refractivity contribution in [1.82, 2.24) is 5.32 Å². The highest BCUT2D eigenvalue weighted by molar-refractivity contribution is 6.13. The highest BCUT2D eigenvalue weighted by Gasteiger charge is 2.31. The van der Waals surface area contributed by atoms with E-state index >= 15 is 0 Å². The molecule has 4 aromatic rings. The van der Waals surface area contributed by atoms with Gasteiger partial charge in [0.25, 0.3) is 11.8 Å². The summed E-state index contributed by atoms with van der Waals surface area (Å²) in [5.74, 6) is -2.09. The molecule has 0 atom stereocenters. The van der Waals surface area contributed by atoms with Crippen LogP contribution in [-0.4, -0.2) is 56.3 Å². The highest BCUT2D eigenvalue weighted by atomic mass is 16.5. The van der Waals surface area contributed by atoms with Crippen molar-refractivity contribution in [3.05, 3.63) is 107 Å². The summed E-state index contributed by atoms with van der Waals surface area (Å²) in [6, 6.07) is 24.9. The van der Waals surface area contributed by atoms with Gasteiger partial charge in [0.1, 0.15) is 12.3 Å². The van der Waals surface area contributed by atoms with Crippen molar-refractivity contribution in [3.8, 4) is 16.9 Å². The van der Waals surface area contributed by atoms with E-state index in [4.69, 9.17) is 10.5 Å². The van der Waals surface area contributed by atoms with Crippen LogP contribution in [-0.2, 0) is 14.4 Å². The molecule has 0 unspecified atom stereocenters. The zero-order valence-corrected chi connectivity index (χ0v) is 26.3. The minimum absolute atomic E-state index is 0.0470. The Hall–Kier alpha value is -5.97. The molecule has 0 aliphatic carbocycles. The van der Waals surface area contributed by atoms with Gasteiger partial charge >= 0.3 is 0 Å². The van der Waals surface area contributed by atoms with Crippen LogP contribution in [0, 0.1) is 13.8 Å². The molecular formula is C36H35N5O6. The standard InChI is InChI=1S/C36H35N5O6/c1-22-12-14-25(23(2)18-22)26-8-4-5-9-27(26)35(45)39-28-15-13-24(19-31(28)47-3)36(46)40-17-16-34(44)41(21-33(43)38-20-32(37)42)30-11-7-6-10-29(30)40/h4-15,18-19H,16-17,20-21H2,1-3H3,(H2,37,42)(H,38,43)(H,39,45). The SMILES string of the molecule is COc1cc(C(=O)N2CCC(=O)N(CC(=O)NCC(N)=O)c3ccccc32)ccc1NC(=O)c1ccccc1-c1ccc(C)cc1C. The van der Waals surface area contributed by atoms with Crippen LogP contribution >= 0.6 is 0 Å². The van der Waals surface area contributed by atoms with E-state index < -0.39 is 17.7 Å². The Bertz CT molecular complexity index is 1890. The first-order chi connectivity index (χ1) is 22.6. The molecule has 0 saturated heterocycles. The summed E-state index contributed by atoms with van der Waals surface area (Å²) in [5.41, 5.74) is 11.0. The zero-order chi connectivity index (χ0) is 33.7. The Labute approximate surface area is 272 Å². The number of nitrogens with two attached hydrogens (primary N) is 1. The number of carbonyl (C=O) groups is 5. The average molecular weight is 634 g/mol. The maximum absolute atomic E-state index is 13.9. The number of fused-ring (bicyclic) bond motifs is 1. The second kappa shape index (κ2) is 14.0. The first-order valence-electron chi connectivity index (χ1n) is 15.0. The van der Waals surface area contributed by atoms with Gasteiger partial charge in [-0.1, -0.05) is 54.1 Å². The zero-order valence-electron chi connectivity index (χ0n) is 26.3. The minimum Gasteiger partial charge on any atom is -0.495 e. The predicted octanol–water partition coefficient (Wildman–Crippen LogP) is 4.22. The molecule has 1 aliphatic heterocycles. The number of amides is 5. The Balaban J connectivity index is 1.40. The number of methoxy groups -OCH3 is 1. The second-order valence-electron chi connectivity index (χ2n) is 11.2. The topological polar surface area (TPSA) is 151 Å². The molecule has 0 fully saturated rings. The van der Waals surface area contributed by atoms with Crippen molar-refractivity contribution in [1.29, 1.82) is 0 Å². The van der Waals surface area contributed by atoms with E-state index in [9.17, 15) is 24.0 Å². The maximum Gasteiger partial charge on any atom is 0.258 e. The lowest BCUT2D eigenvalue weighted by Gasteiger charge is -2.25. The van der Waals surface area contributed by atoms with Gasteiger partial charge in [-0.3, -0.25) is 24.0 Å². The van der Waals surface area contributed by atoms with Gasteiger partial charge < -0.3 is 30.9 Å². The second-order valence-corrected chi connectivity index (χ2v) is 11.2. The largest absolute Gasteiger partial charge is 0.495 e. The number of rotatable bonds is 9. The molecule has 240 valence electrons. The van der Waals surface area contributed by atoms with E-state index in [0.29, 0.717) is 22.6 Å². The van der Waals surface area contributed by atoms with Gasteiger partial charge in [0.2, 0.25) is 17.7 Å². The quantitative estimate of drug-likeness (QED) is 0.251. The number of hydrogen-bond acceptors (Lipinski definition) is 6. The fraction of sp³-hybridized carbons (Fsp3) is 0.194. The molecule has 1 aliphatic rings. The summed E-state index contributed by atoms with van der Waals surface area (Å²) in [7, 11) is 1.45. The Morgan fingerprint density at radius 3 is 2.32 bits per heavy atom. The summed E-state index contributed by atoms with van der Waals surface area (Å²) >= 11 is 0. The Morgan fingerprint density at radius 2 is 1.60 bits per heavy atom. The molecule has 11 heteroatoms. The highest BCUT2D eigenvalue weighted by Crippen LogP contribution is 2.35. The molecule has 4 N–H and O–H groups in total. The summed E-state index contributed by atoms with van der Waals surface area (Å²) in [5, 5.41) is 5.32. The number of primary amides is 1. The lowest BCUT2D eigenvalue weighted by molar-refractivity contribution is -0.125. The summed E-state index contributed by atoms with van der Waals surface area (Å²) in [6.45, 7) is 3.39. The molecule has 0 spiro atoms. The molecule has 0 bridgehead atoms. The molecule has 5 amide bonds. The number of nitrogens with one attached hydrogen (secondary N) is 2. The van der Waals surface area contributed by atoms with E-state index in [1.165, 1.54) is 16.9 Å². The molecule has 47 heavy (non-hydrogen) atoms. The van der Waals surface area contributed by atoms with E-state index in [1.54, 1.807) is 54.6 Å². The van der Waals surface area contributed by atoms with Crippen LogP contribution in [0.4, 0.5) is 17.1 Å². The fourth-order valence-corrected chi connectivity index (χ4v) is 5.59. The van der Waals surface area contributed by atoms with Crippen LogP contribution in [0.1, 0.15) is 38.3 Å². The molecule has 5 rings (SSSR count). The number of para-hydroxylation sites is 2. The molecule has 1 heterocycles. The molecular weight excluding hydrogens is 598 g/mol. The van der Waals surface area contributed by atoms with Crippen molar-refractivity contribution in [2.24, 2.45) is 5.73 Å². The van der Waals surface area contributed by atoms with Gasteiger partial charge in [-0.25, -0.2) is 0 Å². The van der Waals surface area contributed by atoms with Gasteiger partial charge in [0, 0.05) is 24.1 Å². The third-order valence-electron chi connectivity index (χ3n) is 7.86. The average Bonchev–Trinajstić information content (AvgIpc) is 3.19. The van der Waals surface area contributed by atoms with Crippen molar-refractivity contribution < 1.29 is 28.7 Å². The predicted molar refractivity (Wildman–Crippen MR) is 180 cm³/mol. The van der Waals surface area contributed by atoms with E-state index in [0.717, 1.165) is 22.3 Å². The van der Waals surface area contributed by atoms with Crippen LogP contribution in [0.25, 0.3) is 11.1 Å². The Kier molecular flexibility index (Phi) is 9.65. The normalized spacial score (nSPS) is 12.5. The maximum atomic E-state index is 13.9. The van der Waals surface area contributed by atoms with Gasteiger partial charge in [0.05, 0.1) is 30.7 Å². The number of anilines is 3. The molecule has 11 nitrogen and oxygen atoms in total. The number of benzene rings is 4. The number of hydrogen-bond donors (Lipinski definition) is 3. The van der Waals surface area contributed by atoms with E-state index in [1.807, 2.05) is 38.1 Å². The summed E-state index contributed by atoms with van der Waals surface area (Å²) < 4.78 is 5.59. The van der Waals surface area contributed by atoms with Gasteiger partial charge in [-0.05, 0) is 66.9 Å². The fourth-order valence-electron chi connectivity index (χ4n) is 5.59. The molecule has 0 radical (unpaired) electrons. The third-order valence-corrected chi connectivity index (χ3v) is 7.86. The van der Waals surface area contributed by atoms with Crippen molar-refractivity contribution >= 4 is 46.6 Å². The third kappa shape index (κ3) is 7.14. The monoisotopic (exact) mass is 633 g/mol. The number of nitrogens with zero attached hydrogens (tertiary/aromatic N) is 2. The lowest BCUT2D eigenvalue weighted by Crippen LogP contribution is -2.43.